The average Bonchev–Trinajstić information content (AvgIpc) is 3.02. The molecule has 0 bridgehead atoms. The van der Waals surface area contributed by atoms with Crippen LogP contribution in [0.15, 0.2) is 48.0 Å². The molecule has 0 unspecified atom stereocenters. The van der Waals surface area contributed by atoms with Crippen LogP contribution in [0.3, 0.4) is 0 Å². The summed E-state index contributed by atoms with van der Waals surface area (Å²) in [6.45, 7) is 7.56. The Labute approximate surface area is 200 Å². The van der Waals surface area contributed by atoms with Gasteiger partial charge in [0.05, 0.1) is 18.2 Å². The molecular weight excluding hydrogens is 435 g/mol. The van der Waals surface area contributed by atoms with Crippen LogP contribution in [0.5, 0.6) is 5.75 Å². The molecule has 1 aliphatic rings. The van der Waals surface area contributed by atoms with Crippen molar-refractivity contribution in [2.45, 2.75) is 33.2 Å². The lowest BCUT2D eigenvalue weighted by molar-refractivity contribution is -0.139. The highest BCUT2D eigenvalue weighted by Crippen LogP contribution is 2.40. The van der Waals surface area contributed by atoms with Gasteiger partial charge in [-0.2, -0.15) is 0 Å². The SMILES string of the molecule is Cc1cc(OCC(C)C)ccc1/C(O)=C1\C(=O)C(=O)N(CCCN(C)C)[C@@H]1c1ccc(F)cc1. The number of Topliss-reactive ketones (excluding diaryl/α,β-unsaturated/α-hetero) is 1. The van der Waals surface area contributed by atoms with Gasteiger partial charge in [-0.05, 0) is 81.4 Å². The topological polar surface area (TPSA) is 70.1 Å². The summed E-state index contributed by atoms with van der Waals surface area (Å²) < 4.78 is 19.4. The summed E-state index contributed by atoms with van der Waals surface area (Å²) in [6, 6.07) is 10.1. The van der Waals surface area contributed by atoms with Gasteiger partial charge in [-0.1, -0.05) is 26.0 Å². The number of likely N-dealkylation sites (tertiary alicyclic amines) is 1. The third-order valence-corrected chi connectivity index (χ3v) is 5.77. The molecule has 2 aromatic rings. The maximum Gasteiger partial charge on any atom is 0.295 e. The Balaban J connectivity index is 2.04. The summed E-state index contributed by atoms with van der Waals surface area (Å²) in [7, 11) is 3.87. The van der Waals surface area contributed by atoms with Gasteiger partial charge in [-0.3, -0.25) is 9.59 Å². The van der Waals surface area contributed by atoms with Crippen molar-refractivity contribution < 1.29 is 23.8 Å². The maximum atomic E-state index is 13.6. The van der Waals surface area contributed by atoms with E-state index in [1.165, 1.54) is 17.0 Å². The Bertz CT molecular complexity index is 1080. The fourth-order valence-corrected chi connectivity index (χ4v) is 4.06. The minimum absolute atomic E-state index is 0.0143. The third kappa shape index (κ3) is 5.65. The Hall–Kier alpha value is -3.19. The van der Waals surface area contributed by atoms with Gasteiger partial charge in [-0.15, -0.1) is 0 Å². The van der Waals surface area contributed by atoms with E-state index in [0.717, 1.165) is 12.1 Å². The number of ether oxygens (including phenoxy) is 1. The predicted octanol–water partition coefficient (Wildman–Crippen LogP) is 4.54. The van der Waals surface area contributed by atoms with E-state index in [-0.39, 0.29) is 11.3 Å². The van der Waals surface area contributed by atoms with Crippen LogP contribution in [-0.2, 0) is 9.59 Å². The lowest BCUT2D eigenvalue weighted by atomic mass is 9.94. The first kappa shape index (κ1) is 25.4. The van der Waals surface area contributed by atoms with Crippen LogP contribution in [0.1, 0.15) is 43.0 Å². The highest BCUT2D eigenvalue weighted by Gasteiger charge is 2.45. The van der Waals surface area contributed by atoms with Crippen molar-refractivity contribution in [1.29, 1.82) is 0 Å². The van der Waals surface area contributed by atoms with Gasteiger partial charge in [-0.25, -0.2) is 4.39 Å². The lowest BCUT2D eigenvalue weighted by Crippen LogP contribution is -2.32. The van der Waals surface area contributed by atoms with Crippen molar-refractivity contribution in [3.05, 3.63) is 70.5 Å². The molecule has 1 aliphatic heterocycles. The predicted molar refractivity (Wildman–Crippen MR) is 130 cm³/mol. The molecule has 1 amide bonds. The van der Waals surface area contributed by atoms with Crippen molar-refractivity contribution in [2.24, 2.45) is 5.92 Å². The van der Waals surface area contributed by atoms with Gasteiger partial charge in [0.2, 0.25) is 0 Å². The van der Waals surface area contributed by atoms with Crippen molar-refractivity contribution >= 4 is 17.4 Å². The maximum absolute atomic E-state index is 13.6. The summed E-state index contributed by atoms with van der Waals surface area (Å²) in [4.78, 5) is 29.6. The minimum Gasteiger partial charge on any atom is -0.507 e. The molecule has 0 radical (unpaired) electrons. The second kappa shape index (κ2) is 10.8. The van der Waals surface area contributed by atoms with Gasteiger partial charge in [0.25, 0.3) is 11.7 Å². The number of aliphatic hydroxyl groups excluding tert-OH is 1. The van der Waals surface area contributed by atoms with E-state index in [1.807, 2.05) is 25.9 Å². The number of hydrogen-bond donors (Lipinski definition) is 1. The second-order valence-corrected chi connectivity index (χ2v) is 9.38. The fraction of sp³-hybridized carbons (Fsp3) is 0.407. The average molecular weight is 469 g/mol. The number of aliphatic hydroxyl groups is 1. The molecule has 1 N–H and O–H groups in total. The van der Waals surface area contributed by atoms with Crippen molar-refractivity contribution in [1.82, 2.24) is 9.80 Å². The van der Waals surface area contributed by atoms with Gasteiger partial charge >= 0.3 is 0 Å². The van der Waals surface area contributed by atoms with Crippen LogP contribution in [0, 0.1) is 18.7 Å². The number of benzene rings is 2. The summed E-state index contributed by atoms with van der Waals surface area (Å²) in [5.41, 5.74) is 1.76. The Morgan fingerprint density at radius 2 is 1.82 bits per heavy atom. The van der Waals surface area contributed by atoms with E-state index in [1.54, 1.807) is 30.3 Å². The first-order valence-electron chi connectivity index (χ1n) is 11.5. The second-order valence-electron chi connectivity index (χ2n) is 9.38. The number of hydrogen-bond acceptors (Lipinski definition) is 5. The minimum atomic E-state index is -0.793. The molecule has 0 aromatic heterocycles. The van der Waals surface area contributed by atoms with E-state index in [9.17, 15) is 19.1 Å². The van der Waals surface area contributed by atoms with Gasteiger partial charge in [0.1, 0.15) is 17.3 Å². The van der Waals surface area contributed by atoms with Crippen LogP contribution >= 0.6 is 0 Å². The zero-order valence-electron chi connectivity index (χ0n) is 20.5. The molecule has 182 valence electrons. The summed E-state index contributed by atoms with van der Waals surface area (Å²) in [5, 5.41) is 11.3. The van der Waals surface area contributed by atoms with Crippen molar-refractivity contribution in [2.75, 3.05) is 33.8 Å². The van der Waals surface area contributed by atoms with E-state index in [4.69, 9.17) is 4.74 Å². The molecule has 1 heterocycles. The molecular formula is C27H33FN2O4. The molecule has 2 aromatic carbocycles. The third-order valence-electron chi connectivity index (χ3n) is 5.77. The summed E-state index contributed by atoms with van der Waals surface area (Å²) in [6.07, 6.45) is 0.651. The Morgan fingerprint density at radius 1 is 1.15 bits per heavy atom. The quantitative estimate of drug-likeness (QED) is 0.332. The summed E-state index contributed by atoms with van der Waals surface area (Å²) >= 11 is 0. The lowest BCUT2D eigenvalue weighted by Gasteiger charge is -2.26. The number of carbonyl (C=O) groups excluding carboxylic acids is 2. The van der Waals surface area contributed by atoms with Gasteiger partial charge in [0.15, 0.2) is 0 Å². The van der Waals surface area contributed by atoms with Gasteiger partial charge < -0.3 is 19.6 Å². The van der Waals surface area contributed by atoms with Crippen LogP contribution in [0.25, 0.3) is 5.76 Å². The Morgan fingerprint density at radius 3 is 2.41 bits per heavy atom. The van der Waals surface area contributed by atoms with Crippen molar-refractivity contribution in [3.8, 4) is 5.75 Å². The molecule has 7 heteroatoms. The van der Waals surface area contributed by atoms with Crippen LogP contribution in [-0.4, -0.2) is 60.4 Å². The standard InChI is InChI=1S/C27H33FN2O4/c1-17(2)16-34-21-11-12-22(18(3)15-21)25(31)23-24(19-7-9-20(28)10-8-19)30(27(33)26(23)32)14-6-13-29(4)5/h7-12,15,17,24,31H,6,13-14,16H2,1-5H3/b25-23+/t24-/m1/s1. The smallest absolute Gasteiger partial charge is 0.295 e. The molecule has 0 saturated carbocycles. The highest BCUT2D eigenvalue weighted by molar-refractivity contribution is 6.46. The normalized spacial score (nSPS) is 17.8. The molecule has 1 fully saturated rings. The highest BCUT2D eigenvalue weighted by atomic mass is 19.1. The number of nitrogens with zero attached hydrogens (tertiary/aromatic N) is 2. The number of aryl methyl sites for hydroxylation is 1. The van der Waals surface area contributed by atoms with E-state index in [0.29, 0.717) is 42.4 Å². The first-order valence-corrected chi connectivity index (χ1v) is 11.5. The molecule has 0 aliphatic carbocycles. The summed E-state index contributed by atoms with van der Waals surface area (Å²) in [5.74, 6) is -1.02. The zero-order chi connectivity index (χ0) is 25.0. The molecule has 0 spiro atoms. The fourth-order valence-electron chi connectivity index (χ4n) is 4.06. The number of amides is 1. The largest absolute Gasteiger partial charge is 0.507 e. The van der Waals surface area contributed by atoms with Crippen LogP contribution in [0.2, 0.25) is 0 Å². The first-order chi connectivity index (χ1) is 16.1. The number of rotatable bonds is 9. The number of carbonyl (C=O) groups is 2. The van der Waals surface area contributed by atoms with Crippen LogP contribution in [0.4, 0.5) is 4.39 Å². The molecule has 34 heavy (non-hydrogen) atoms. The van der Waals surface area contributed by atoms with Crippen molar-refractivity contribution in [3.63, 3.8) is 0 Å². The van der Waals surface area contributed by atoms with E-state index in [2.05, 4.69) is 13.8 Å². The molecule has 6 nitrogen and oxygen atoms in total. The molecule has 1 saturated heterocycles. The van der Waals surface area contributed by atoms with E-state index < -0.39 is 23.5 Å². The number of ketones is 1. The number of halogens is 1. The van der Waals surface area contributed by atoms with Crippen LogP contribution < -0.4 is 4.74 Å². The zero-order valence-corrected chi connectivity index (χ0v) is 20.5. The molecule has 1 atom stereocenters. The Kier molecular flexibility index (Phi) is 8.10. The molecule has 3 rings (SSSR count). The van der Waals surface area contributed by atoms with E-state index >= 15 is 0 Å². The van der Waals surface area contributed by atoms with Gasteiger partial charge in [0, 0.05) is 12.1 Å². The monoisotopic (exact) mass is 468 g/mol.